The molecule has 2 heterocycles. The fourth-order valence-electron chi connectivity index (χ4n) is 2.69. The van der Waals surface area contributed by atoms with Gasteiger partial charge in [0.15, 0.2) is 5.82 Å². The summed E-state index contributed by atoms with van der Waals surface area (Å²) in [6.07, 6.45) is 5.96. The van der Waals surface area contributed by atoms with Gasteiger partial charge in [0.2, 0.25) is 5.91 Å². The smallest absolute Gasteiger partial charge is 0.247 e. The first kappa shape index (κ1) is 17.5. The molecule has 7 nitrogen and oxygen atoms in total. The maximum Gasteiger partial charge on any atom is 0.247 e. The molecule has 1 fully saturated rings. The molecule has 1 unspecified atom stereocenters. The number of rotatable bonds is 6. The average molecular weight is 339 g/mol. The predicted octanol–water partition coefficient (Wildman–Crippen LogP) is 1.83. The number of aromatic nitrogens is 4. The van der Waals surface area contributed by atoms with Gasteiger partial charge in [0.25, 0.3) is 0 Å². The Morgan fingerprint density at radius 1 is 1.48 bits per heavy atom. The summed E-state index contributed by atoms with van der Waals surface area (Å²) < 4.78 is 3.66. The number of aryl methyl sites for hydroxylation is 2. The summed E-state index contributed by atoms with van der Waals surface area (Å²) in [5.41, 5.74) is 2.06. The van der Waals surface area contributed by atoms with Gasteiger partial charge in [-0.25, -0.2) is 0 Å². The van der Waals surface area contributed by atoms with Crippen LogP contribution < -0.4 is 10.6 Å². The molecule has 0 aliphatic heterocycles. The maximum absolute atomic E-state index is 12.5. The number of nitrogens with one attached hydrogen (secondary N) is 2. The highest BCUT2D eigenvalue weighted by Crippen LogP contribution is 2.40. The minimum Gasteiger partial charge on any atom is -0.308 e. The molecule has 2 N–H and O–H groups in total. The van der Waals surface area contributed by atoms with Crippen molar-refractivity contribution in [3.05, 3.63) is 29.7 Å². The number of carbonyl (C=O) groups is 1. The highest BCUT2D eigenvalue weighted by atomic mass is 35.5. The minimum atomic E-state index is -0.440. The summed E-state index contributed by atoms with van der Waals surface area (Å²) in [6, 6.07) is 1.56. The number of hydrogen-bond donors (Lipinski definition) is 2. The van der Waals surface area contributed by atoms with E-state index in [2.05, 4.69) is 27.8 Å². The van der Waals surface area contributed by atoms with Gasteiger partial charge in [0, 0.05) is 43.0 Å². The van der Waals surface area contributed by atoms with Crippen molar-refractivity contribution < 1.29 is 4.79 Å². The monoisotopic (exact) mass is 338 g/mol. The largest absolute Gasteiger partial charge is 0.308 e. The Bertz CT molecular complexity index is 675. The zero-order chi connectivity index (χ0) is 15.7. The second kappa shape index (κ2) is 7.14. The third-order valence-corrected chi connectivity index (χ3v) is 3.97. The summed E-state index contributed by atoms with van der Waals surface area (Å²) in [7, 11) is 3.59. The van der Waals surface area contributed by atoms with E-state index in [-0.39, 0.29) is 18.3 Å². The van der Waals surface area contributed by atoms with Crippen LogP contribution in [0, 0.1) is 0 Å². The van der Waals surface area contributed by atoms with E-state index < -0.39 is 6.04 Å². The molecule has 1 saturated carbocycles. The number of likely N-dealkylation sites (N-methyl/N-ethyl adjacent to an activating group) is 1. The Morgan fingerprint density at radius 3 is 2.74 bits per heavy atom. The molecule has 0 radical (unpaired) electrons. The highest BCUT2D eigenvalue weighted by molar-refractivity contribution is 5.94. The number of anilines is 1. The first-order valence-corrected chi connectivity index (χ1v) is 7.66. The van der Waals surface area contributed by atoms with Crippen LogP contribution in [-0.2, 0) is 18.4 Å². The van der Waals surface area contributed by atoms with Gasteiger partial charge in [-0.2, -0.15) is 10.2 Å². The van der Waals surface area contributed by atoms with Crippen molar-refractivity contribution >= 4 is 24.1 Å². The molecule has 1 aliphatic carbocycles. The van der Waals surface area contributed by atoms with Gasteiger partial charge in [-0.05, 0) is 26.8 Å². The number of halogens is 1. The van der Waals surface area contributed by atoms with Crippen LogP contribution in [0.15, 0.2) is 18.5 Å². The van der Waals surface area contributed by atoms with Crippen LogP contribution in [0.3, 0.4) is 0 Å². The Labute approximate surface area is 141 Å². The Morgan fingerprint density at radius 2 is 2.22 bits per heavy atom. The molecule has 0 bridgehead atoms. The van der Waals surface area contributed by atoms with Crippen LogP contribution in [0.25, 0.3) is 0 Å². The van der Waals surface area contributed by atoms with Crippen molar-refractivity contribution in [1.82, 2.24) is 24.9 Å². The van der Waals surface area contributed by atoms with E-state index in [4.69, 9.17) is 0 Å². The summed E-state index contributed by atoms with van der Waals surface area (Å²) in [6.45, 7) is 2.89. The van der Waals surface area contributed by atoms with Crippen LogP contribution in [0.5, 0.6) is 0 Å². The number of carbonyl (C=O) groups excluding carboxylic acids is 1. The molecule has 3 rings (SSSR count). The zero-order valence-corrected chi connectivity index (χ0v) is 14.4. The average Bonchev–Trinajstić information content (AvgIpc) is 3.13. The third-order valence-electron chi connectivity index (χ3n) is 3.97. The van der Waals surface area contributed by atoms with Crippen molar-refractivity contribution in [2.45, 2.75) is 38.3 Å². The molecule has 1 amide bonds. The minimum absolute atomic E-state index is 0. The summed E-state index contributed by atoms with van der Waals surface area (Å²) in [4.78, 5) is 12.5. The predicted molar refractivity (Wildman–Crippen MR) is 90.8 cm³/mol. The molecule has 2 aromatic heterocycles. The molecule has 126 valence electrons. The Balaban J connectivity index is 0.00000192. The third kappa shape index (κ3) is 3.73. The molecule has 8 heteroatoms. The second-order valence-corrected chi connectivity index (χ2v) is 5.70. The molecular formula is C15H23ClN6O. The van der Waals surface area contributed by atoms with E-state index in [1.165, 1.54) is 18.5 Å². The Hall–Kier alpha value is -1.86. The standard InChI is InChI=1S/C15H22N6O.ClH/c1-4-21-12(10-5-6-10)7-13(19-21)18-15(22)14(16-2)11-8-17-20(3)9-11;/h7-10,14,16H,4-6H2,1-3H3,(H,18,19,22);1H. The molecule has 0 aromatic carbocycles. The molecule has 2 aromatic rings. The van der Waals surface area contributed by atoms with E-state index in [1.54, 1.807) is 17.9 Å². The van der Waals surface area contributed by atoms with Gasteiger partial charge in [0.1, 0.15) is 6.04 Å². The van der Waals surface area contributed by atoms with E-state index >= 15 is 0 Å². The Kier molecular flexibility index (Phi) is 5.43. The normalized spacial score (nSPS) is 15.1. The SMILES string of the molecule is CCn1nc(NC(=O)C(NC)c2cnn(C)c2)cc1C1CC1.Cl. The van der Waals surface area contributed by atoms with Crippen LogP contribution in [0.4, 0.5) is 5.82 Å². The number of amides is 1. The molecule has 1 atom stereocenters. The summed E-state index contributed by atoms with van der Waals surface area (Å²) in [5.74, 6) is 1.10. The van der Waals surface area contributed by atoms with Crippen LogP contribution >= 0.6 is 12.4 Å². The lowest BCUT2D eigenvalue weighted by Crippen LogP contribution is -2.30. The summed E-state index contributed by atoms with van der Waals surface area (Å²) >= 11 is 0. The molecule has 23 heavy (non-hydrogen) atoms. The van der Waals surface area contributed by atoms with Gasteiger partial charge in [-0.1, -0.05) is 0 Å². The van der Waals surface area contributed by atoms with Crippen molar-refractivity contribution in [3.8, 4) is 0 Å². The van der Waals surface area contributed by atoms with Gasteiger partial charge < -0.3 is 10.6 Å². The van der Waals surface area contributed by atoms with Gasteiger partial charge >= 0.3 is 0 Å². The first-order chi connectivity index (χ1) is 10.6. The molecule has 1 aliphatic rings. The van der Waals surface area contributed by atoms with E-state index in [9.17, 15) is 4.79 Å². The summed E-state index contributed by atoms with van der Waals surface area (Å²) in [5, 5.41) is 14.5. The zero-order valence-electron chi connectivity index (χ0n) is 13.6. The quantitative estimate of drug-likeness (QED) is 0.842. The van der Waals surface area contributed by atoms with Crippen molar-refractivity contribution in [1.29, 1.82) is 0 Å². The fourth-order valence-corrected chi connectivity index (χ4v) is 2.69. The van der Waals surface area contributed by atoms with Crippen molar-refractivity contribution in [2.24, 2.45) is 7.05 Å². The lowest BCUT2D eigenvalue weighted by atomic mass is 10.1. The van der Waals surface area contributed by atoms with Crippen LogP contribution in [0.1, 0.15) is 43.0 Å². The van der Waals surface area contributed by atoms with Crippen molar-refractivity contribution in [3.63, 3.8) is 0 Å². The van der Waals surface area contributed by atoms with E-state index in [0.717, 1.165) is 12.1 Å². The van der Waals surface area contributed by atoms with Crippen LogP contribution in [-0.4, -0.2) is 32.5 Å². The van der Waals surface area contributed by atoms with Gasteiger partial charge in [0.05, 0.1) is 6.20 Å². The first-order valence-electron chi connectivity index (χ1n) is 7.66. The van der Waals surface area contributed by atoms with Gasteiger partial charge in [-0.3, -0.25) is 14.2 Å². The second-order valence-electron chi connectivity index (χ2n) is 5.70. The fraction of sp³-hybridized carbons (Fsp3) is 0.533. The van der Waals surface area contributed by atoms with E-state index in [1.807, 2.05) is 24.0 Å². The molecule has 0 saturated heterocycles. The molecular weight excluding hydrogens is 316 g/mol. The number of nitrogens with zero attached hydrogens (tertiary/aromatic N) is 4. The highest BCUT2D eigenvalue weighted by Gasteiger charge is 2.28. The molecule has 0 spiro atoms. The topological polar surface area (TPSA) is 76.8 Å². The lowest BCUT2D eigenvalue weighted by Gasteiger charge is -2.13. The number of hydrogen-bond acceptors (Lipinski definition) is 4. The van der Waals surface area contributed by atoms with E-state index in [0.29, 0.717) is 11.7 Å². The lowest BCUT2D eigenvalue weighted by molar-refractivity contribution is -0.118. The van der Waals surface area contributed by atoms with Gasteiger partial charge in [-0.15, -0.1) is 12.4 Å². The van der Waals surface area contributed by atoms with Crippen molar-refractivity contribution in [2.75, 3.05) is 12.4 Å². The maximum atomic E-state index is 12.5. The van der Waals surface area contributed by atoms with Crippen LogP contribution in [0.2, 0.25) is 0 Å².